The number of alkyl halides is 3. The molecule has 5 heteroatoms. The quantitative estimate of drug-likeness (QED) is 0.787. The van der Waals surface area contributed by atoms with Crippen molar-refractivity contribution in [2.75, 3.05) is 0 Å². The molecular formula is C15H18F4O. The second kappa shape index (κ2) is 5.35. The van der Waals surface area contributed by atoms with Gasteiger partial charge < -0.3 is 5.11 Å². The highest BCUT2D eigenvalue weighted by Crippen LogP contribution is 2.44. The fourth-order valence-corrected chi connectivity index (χ4v) is 3.16. The number of aliphatic hydroxyl groups is 1. The average Bonchev–Trinajstić information content (AvgIpc) is 2.38. The van der Waals surface area contributed by atoms with Crippen LogP contribution in [0.1, 0.15) is 50.2 Å². The summed E-state index contributed by atoms with van der Waals surface area (Å²) in [6.45, 7) is 1.91. The SMILES string of the molecule is CCC1CCCCC1(O)c1ccc(F)c(C(F)(F)F)c1. The monoisotopic (exact) mass is 290 g/mol. The van der Waals surface area contributed by atoms with Crippen molar-refractivity contribution in [3.63, 3.8) is 0 Å². The zero-order valence-electron chi connectivity index (χ0n) is 11.3. The smallest absolute Gasteiger partial charge is 0.385 e. The van der Waals surface area contributed by atoms with Crippen molar-refractivity contribution in [2.45, 2.75) is 50.8 Å². The van der Waals surface area contributed by atoms with Crippen molar-refractivity contribution in [1.29, 1.82) is 0 Å². The standard InChI is InChI=1S/C15H18F4O/c1-2-10-5-3-4-8-14(10,20)11-6-7-13(16)12(9-11)15(17,18)19/h6-7,9-10,20H,2-5,8H2,1H3. The Morgan fingerprint density at radius 3 is 2.60 bits per heavy atom. The van der Waals surface area contributed by atoms with Gasteiger partial charge in [-0.25, -0.2) is 4.39 Å². The first kappa shape index (κ1) is 15.3. The topological polar surface area (TPSA) is 20.2 Å². The summed E-state index contributed by atoms with van der Waals surface area (Å²) < 4.78 is 51.7. The van der Waals surface area contributed by atoms with Gasteiger partial charge in [0.2, 0.25) is 0 Å². The van der Waals surface area contributed by atoms with E-state index in [1.54, 1.807) is 0 Å². The van der Waals surface area contributed by atoms with Crippen LogP contribution < -0.4 is 0 Å². The van der Waals surface area contributed by atoms with E-state index in [0.717, 1.165) is 31.4 Å². The average molecular weight is 290 g/mol. The molecule has 1 aliphatic rings. The largest absolute Gasteiger partial charge is 0.419 e. The molecule has 1 aromatic carbocycles. The second-order valence-corrected chi connectivity index (χ2v) is 5.47. The molecule has 1 aromatic rings. The predicted molar refractivity (Wildman–Crippen MR) is 67.5 cm³/mol. The highest BCUT2D eigenvalue weighted by Gasteiger charge is 2.42. The zero-order chi connectivity index (χ0) is 15.0. The predicted octanol–water partition coefficient (Wildman–Crippen LogP) is 4.63. The maximum absolute atomic E-state index is 13.3. The van der Waals surface area contributed by atoms with Gasteiger partial charge in [0.25, 0.3) is 0 Å². The van der Waals surface area contributed by atoms with E-state index in [-0.39, 0.29) is 11.5 Å². The Labute approximate surface area is 115 Å². The van der Waals surface area contributed by atoms with E-state index in [2.05, 4.69) is 0 Å². The Morgan fingerprint density at radius 1 is 1.30 bits per heavy atom. The molecule has 2 atom stereocenters. The summed E-state index contributed by atoms with van der Waals surface area (Å²) in [7, 11) is 0. The summed E-state index contributed by atoms with van der Waals surface area (Å²) in [5.74, 6) is -1.38. The van der Waals surface area contributed by atoms with Crippen LogP contribution in [0.5, 0.6) is 0 Å². The van der Waals surface area contributed by atoms with E-state index in [0.29, 0.717) is 12.8 Å². The molecule has 2 unspecified atom stereocenters. The van der Waals surface area contributed by atoms with Gasteiger partial charge in [0.1, 0.15) is 5.82 Å². The molecule has 0 spiro atoms. The highest BCUT2D eigenvalue weighted by atomic mass is 19.4. The van der Waals surface area contributed by atoms with Crippen LogP contribution in [0.2, 0.25) is 0 Å². The van der Waals surface area contributed by atoms with E-state index in [1.807, 2.05) is 6.92 Å². The summed E-state index contributed by atoms with van der Waals surface area (Å²) in [6.07, 6.45) is -1.11. The minimum Gasteiger partial charge on any atom is -0.385 e. The molecule has 1 saturated carbocycles. The first-order valence-corrected chi connectivity index (χ1v) is 6.88. The van der Waals surface area contributed by atoms with Gasteiger partial charge in [-0.3, -0.25) is 0 Å². The van der Waals surface area contributed by atoms with Crippen molar-refractivity contribution in [3.8, 4) is 0 Å². The van der Waals surface area contributed by atoms with Gasteiger partial charge in [0, 0.05) is 0 Å². The van der Waals surface area contributed by atoms with Crippen LogP contribution in [-0.4, -0.2) is 5.11 Å². The van der Waals surface area contributed by atoms with Crippen LogP contribution >= 0.6 is 0 Å². The van der Waals surface area contributed by atoms with E-state index >= 15 is 0 Å². The Kier molecular flexibility index (Phi) is 4.09. The number of rotatable bonds is 2. The van der Waals surface area contributed by atoms with Crippen molar-refractivity contribution < 1.29 is 22.7 Å². The lowest BCUT2D eigenvalue weighted by Crippen LogP contribution is -2.38. The zero-order valence-corrected chi connectivity index (χ0v) is 11.3. The molecule has 1 N–H and O–H groups in total. The molecule has 1 nitrogen and oxygen atoms in total. The third kappa shape index (κ3) is 2.68. The van der Waals surface area contributed by atoms with Crippen LogP contribution in [-0.2, 0) is 11.8 Å². The maximum atomic E-state index is 13.3. The van der Waals surface area contributed by atoms with Crippen LogP contribution in [0, 0.1) is 11.7 Å². The van der Waals surface area contributed by atoms with E-state index < -0.39 is 23.2 Å². The minimum atomic E-state index is -4.74. The molecule has 20 heavy (non-hydrogen) atoms. The number of benzene rings is 1. The molecule has 0 radical (unpaired) electrons. The van der Waals surface area contributed by atoms with E-state index in [9.17, 15) is 22.7 Å². The van der Waals surface area contributed by atoms with E-state index in [1.165, 1.54) is 6.07 Å². The fraction of sp³-hybridized carbons (Fsp3) is 0.600. The Morgan fingerprint density at radius 2 is 2.00 bits per heavy atom. The van der Waals surface area contributed by atoms with E-state index in [4.69, 9.17) is 0 Å². The third-order valence-corrected chi connectivity index (χ3v) is 4.30. The molecule has 2 rings (SSSR count). The molecule has 112 valence electrons. The first-order valence-electron chi connectivity index (χ1n) is 6.88. The summed E-state index contributed by atoms with van der Waals surface area (Å²) in [5, 5.41) is 10.8. The number of hydrogen-bond acceptors (Lipinski definition) is 1. The van der Waals surface area contributed by atoms with Gasteiger partial charge in [-0.2, -0.15) is 13.2 Å². The molecular weight excluding hydrogens is 272 g/mol. The van der Waals surface area contributed by atoms with Gasteiger partial charge in [-0.15, -0.1) is 0 Å². The lowest BCUT2D eigenvalue weighted by molar-refractivity contribution is -0.140. The highest BCUT2D eigenvalue weighted by molar-refractivity contribution is 5.32. The fourth-order valence-electron chi connectivity index (χ4n) is 3.16. The lowest BCUT2D eigenvalue weighted by atomic mass is 9.70. The van der Waals surface area contributed by atoms with Crippen LogP contribution in [0.15, 0.2) is 18.2 Å². The summed E-state index contributed by atoms with van der Waals surface area (Å²) in [6, 6.07) is 2.85. The molecule has 0 heterocycles. The van der Waals surface area contributed by atoms with Gasteiger partial charge in [0.15, 0.2) is 0 Å². The summed E-state index contributed by atoms with van der Waals surface area (Å²) in [5.41, 5.74) is -2.40. The number of halogens is 4. The Bertz CT molecular complexity index is 483. The van der Waals surface area contributed by atoms with Crippen molar-refractivity contribution in [2.24, 2.45) is 5.92 Å². The van der Waals surface area contributed by atoms with Gasteiger partial charge in [-0.05, 0) is 36.5 Å². The van der Waals surface area contributed by atoms with Crippen molar-refractivity contribution in [1.82, 2.24) is 0 Å². The normalized spacial score (nSPS) is 27.6. The summed E-state index contributed by atoms with van der Waals surface area (Å²) in [4.78, 5) is 0. The molecule has 1 fully saturated rings. The molecule has 0 saturated heterocycles. The summed E-state index contributed by atoms with van der Waals surface area (Å²) >= 11 is 0. The molecule has 0 aliphatic heterocycles. The van der Waals surface area contributed by atoms with Gasteiger partial charge in [0.05, 0.1) is 11.2 Å². The first-order chi connectivity index (χ1) is 9.29. The molecule has 0 amide bonds. The lowest BCUT2D eigenvalue weighted by Gasteiger charge is -2.40. The Hall–Kier alpha value is -1.10. The Balaban J connectivity index is 2.46. The number of hydrogen-bond donors (Lipinski definition) is 1. The third-order valence-electron chi connectivity index (χ3n) is 4.30. The van der Waals surface area contributed by atoms with Crippen LogP contribution in [0.25, 0.3) is 0 Å². The van der Waals surface area contributed by atoms with Crippen molar-refractivity contribution >= 4 is 0 Å². The van der Waals surface area contributed by atoms with Crippen LogP contribution in [0.4, 0.5) is 17.6 Å². The van der Waals surface area contributed by atoms with Crippen LogP contribution in [0.3, 0.4) is 0 Å². The molecule has 1 aliphatic carbocycles. The van der Waals surface area contributed by atoms with Gasteiger partial charge >= 0.3 is 6.18 Å². The maximum Gasteiger partial charge on any atom is 0.419 e. The van der Waals surface area contributed by atoms with Gasteiger partial charge in [-0.1, -0.05) is 32.3 Å². The molecule has 0 bridgehead atoms. The molecule has 0 aromatic heterocycles. The minimum absolute atomic E-state index is 0.0807. The van der Waals surface area contributed by atoms with Crippen molar-refractivity contribution in [3.05, 3.63) is 35.1 Å². The second-order valence-electron chi connectivity index (χ2n) is 5.47.